The van der Waals surface area contributed by atoms with Crippen LogP contribution in [0.1, 0.15) is 5.48 Å². The molecule has 0 radical (unpaired) electrons. The second-order valence-electron chi connectivity index (χ2n) is 14.0. The van der Waals surface area contributed by atoms with Gasteiger partial charge in [0.2, 0.25) is 0 Å². The lowest BCUT2D eigenvalue weighted by Gasteiger charge is -2.12. The van der Waals surface area contributed by atoms with Crippen molar-refractivity contribution in [1.82, 2.24) is 4.57 Å². The first-order valence-electron chi connectivity index (χ1n) is 20.7. The molecule has 0 atom stereocenters. The van der Waals surface area contributed by atoms with Crippen LogP contribution in [0.25, 0.3) is 94.3 Å². The molecular weight excluding hydrogens is 682 g/mol. The van der Waals surface area contributed by atoms with Gasteiger partial charge in [-0.2, -0.15) is 0 Å². The zero-order valence-electron chi connectivity index (χ0n) is 34.3. The van der Waals surface area contributed by atoms with E-state index in [0.717, 1.165) is 88.6 Å². The Morgan fingerprint density at radius 3 is 1.00 bits per heavy atom. The smallest absolute Gasteiger partial charge is 0.147 e. The maximum atomic E-state index is 15.8. The summed E-state index contributed by atoms with van der Waals surface area (Å²) in [5.74, 6) is -0.328. The van der Waals surface area contributed by atoms with Crippen LogP contribution in [-0.4, -0.2) is 4.57 Å². The highest BCUT2D eigenvalue weighted by molar-refractivity contribution is 6.12. The fourth-order valence-corrected chi connectivity index (χ4v) is 7.78. The molecule has 0 unspecified atom stereocenters. The maximum Gasteiger partial charge on any atom is 0.147 e. The quantitative estimate of drug-likeness (QED) is 0.154. The standard InChI is InChI=1S/C54H36FN/c55-51-23-13-14-24-54(51)56-52-27-25-41(47-31-43(37-15-5-1-6-16-37)29-44(32-47)38-17-7-2-8-18-38)35-49(52)50-36-42(26-28-53(50)56)48-33-45(39-19-9-3-10-20-39)30-46(34-48)40-21-11-4-12-22-40/h1-36H/i15D,17D,19D,21D. The van der Waals surface area contributed by atoms with Gasteiger partial charge in [-0.15, -0.1) is 0 Å². The van der Waals surface area contributed by atoms with E-state index in [2.05, 4.69) is 72.8 Å². The minimum absolute atomic E-state index is 0.328. The lowest BCUT2D eigenvalue weighted by atomic mass is 9.92. The van der Waals surface area contributed by atoms with Crippen LogP contribution in [0.4, 0.5) is 4.39 Å². The van der Waals surface area contributed by atoms with Gasteiger partial charge in [-0.05, 0) is 140 Å². The number of rotatable bonds is 7. The average Bonchev–Trinajstić information content (AvgIpc) is 3.59. The van der Waals surface area contributed by atoms with E-state index in [1.165, 1.54) is 6.07 Å². The molecule has 0 aliphatic carbocycles. The number of hydrogen-bond donors (Lipinski definition) is 0. The van der Waals surface area contributed by atoms with Crippen molar-refractivity contribution in [2.24, 2.45) is 0 Å². The number of halogens is 1. The summed E-state index contributed by atoms with van der Waals surface area (Å²) in [6, 6.07) is 63.8. The first-order chi connectivity index (χ1) is 29.3. The topological polar surface area (TPSA) is 4.93 Å². The van der Waals surface area contributed by atoms with Crippen molar-refractivity contribution < 1.29 is 9.87 Å². The Morgan fingerprint density at radius 2 is 0.643 bits per heavy atom. The number of para-hydroxylation sites is 1. The van der Waals surface area contributed by atoms with Crippen LogP contribution < -0.4 is 0 Å². The summed E-state index contributed by atoms with van der Waals surface area (Å²) in [6.07, 6.45) is 0. The van der Waals surface area contributed by atoms with Crippen molar-refractivity contribution >= 4 is 21.8 Å². The van der Waals surface area contributed by atoms with Crippen LogP contribution in [0.15, 0.2) is 218 Å². The molecule has 0 spiro atoms. The van der Waals surface area contributed by atoms with Crippen LogP contribution in [-0.2, 0) is 0 Å². The highest BCUT2D eigenvalue weighted by Gasteiger charge is 2.18. The molecule has 56 heavy (non-hydrogen) atoms. The Kier molecular flexibility index (Phi) is 7.37. The van der Waals surface area contributed by atoms with Crippen LogP contribution in [0.5, 0.6) is 0 Å². The fraction of sp³-hybridized carbons (Fsp3) is 0. The normalized spacial score (nSPS) is 12.3. The Bertz CT molecular complexity index is 2970. The molecule has 0 amide bonds. The van der Waals surface area contributed by atoms with Crippen LogP contribution >= 0.6 is 0 Å². The first-order valence-corrected chi connectivity index (χ1v) is 18.7. The molecule has 1 nitrogen and oxygen atoms in total. The van der Waals surface area contributed by atoms with E-state index in [1.54, 1.807) is 36.4 Å². The number of aromatic nitrogens is 1. The molecule has 2 heteroatoms. The van der Waals surface area contributed by atoms with E-state index in [9.17, 15) is 0 Å². The SMILES string of the molecule is [2H]c1ccccc1-c1cc(-c2ccc3c(c2)c2cc(-c4cc(-c5ccccc5[2H])cc(-c5ccccc5[2H])c4)ccc2n3-c2ccccc2F)cc(-c2ccccc2[2H])c1. The van der Waals surface area contributed by atoms with E-state index in [4.69, 9.17) is 5.48 Å². The average molecular weight is 722 g/mol. The lowest BCUT2D eigenvalue weighted by Crippen LogP contribution is -1.97. The van der Waals surface area contributed by atoms with Gasteiger partial charge in [-0.3, -0.25) is 0 Å². The predicted molar refractivity (Wildman–Crippen MR) is 233 cm³/mol. The second-order valence-corrected chi connectivity index (χ2v) is 14.0. The molecule has 0 N–H and O–H groups in total. The van der Waals surface area contributed by atoms with E-state index in [-0.39, 0.29) is 5.82 Å². The van der Waals surface area contributed by atoms with Crippen molar-refractivity contribution in [2.75, 3.05) is 0 Å². The number of benzene rings is 9. The summed E-state index contributed by atoms with van der Waals surface area (Å²) in [6.45, 7) is 0. The van der Waals surface area contributed by atoms with Gasteiger partial charge < -0.3 is 4.57 Å². The van der Waals surface area contributed by atoms with Crippen molar-refractivity contribution in [3.63, 3.8) is 0 Å². The first kappa shape index (κ1) is 29.1. The largest absolute Gasteiger partial charge is 0.306 e. The summed E-state index contributed by atoms with van der Waals surface area (Å²) in [5.41, 5.74) is 12.6. The van der Waals surface area contributed by atoms with Gasteiger partial charge in [-0.1, -0.05) is 145 Å². The lowest BCUT2D eigenvalue weighted by molar-refractivity contribution is 0.621. The van der Waals surface area contributed by atoms with Gasteiger partial charge in [0, 0.05) is 10.8 Å². The minimum Gasteiger partial charge on any atom is -0.306 e. The third kappa shape index (κ3) is 6.18. The maximum absolute atomic E-state index is 15.8. The molecule has 10 aromatic rings. The van der Waals surface area contributed by atoms with Crippen molar-refractivity contribution in [3.8, 4) is 72.4 Å². The van der Waals surface area contributed by atoms with E-state index < -0.39 is 0 Å². The zero-order chi connectivity index (χ0) is 40.9. The molecule has 0 saturated carbocycles. The van der Waals surface area contributed by atoms with E-state index in [1.807, 2.05) is 83.4 Å². The fourth-order valence-electron chi connectivity index (χ4n) is 7.78. The number of hydrogen-bond acceptors (Lipinski definition) is 0. The summed E-state index contributed by atoms with van der Waals surface area (Å²) in [5, 5.41) is 1.87. The third-order valence-corrected chi connectivity index (χ3v) is 10.5. The summed E-state index contributed by atoms with van der Waals surface area (Å²) < 4.78 is 52.7. The second kappa shape index (κ2) is 14.2. The molecule has 0 fully saturated rings. The molecule has 1 heterocycles. The third-order valence-electron chi connectivity index (χ3n) is 10.5. The summed E-state index contributed by atoms with van der Waals surface area (Å²) in [4.78, 5) is 0. The monoisotopic (exact) mass is 721 g/mol. The van der Waals surface area contributed by atoms with Gasteiger partial charge in [0.15, 0.2) is 0 Å². The molecular formula is C54H36FN. The number of fused-ring (bicyclic) bond motifs is 3. The van der Waals surface area contributed by atoms with Gasteiger partial charge in [0.1, 0.15) is 5.82 Å². The minimum atomic E-state index is -0.328. The summed E-state index contributed by atoms with van der Waals surface area (Å²) in [7, 11) is 0. The molecule has 0 saturated heterocycles. The molecule has 0 aliphatic rings. The van der Waals surface area contributed by atoms with Crippen molar-refractivity contribution in [2.45, 2.75) is 0 Å². The van der Waals surface area contributed by atoms with E-state index >= 15 is 4.39 Å². The molecule has 10 rings (SSSR count). The van der Waals surface area contributed by atoms with Gasteiger partial charge in [0.05, 0.1) is 22.2 Å². The molecule has 264 valence electrons. The molecule has 1 aromatic heterocycles. The van der Waals surface area contributed by atoms with Gasteiger partial charge in [-0.25, -0.2) is 4.39 Å². The Morgan fingerprint density at radius 1 is 0.304 bits per heavy atom. The highest BCUT2D eigenvalue weighted by atomic mass is 19.1. The Hall–Kier alpha value is -7.29. The zero-order valence-corrected chi connectivity index (χ0v) is 30.3. The van der Waals surface area contributed by atoms with E-state index in [0.29, 0.717) is 29.9 Å². The molecule has 9 aromatic carbocycles. The predicted octanol–water partition coefficient (Wildman–Crippen LogP) is 14.9. The van der Waals surface area contributed by atoms with Crippen LogP contribution in [0, 0.1) is 5.82 Å². The van der Waals surface area contributed by atoms with Crippen LogP contribution in [0.2, 0.25) is 0 Å². The number of nitrogens with zero attached hydrogens (tertiary/aromatic N) is 1. The Balaban J connectivity index is 1.22. The molecule has 0 aliphatic heterocycles. The van der Waals surface area contributed by atoms with Gasteiger partial charge in [0.25, 0.3) is 0 Å². The molecule has 0 bridgehead atoms. The van der Waals surface area contributed by atoms with Crippen molar-refractivity contribution in [1.29, 1.82) is 0 Å². The summed E-state index contributed by atoms with van der Waals surface area (Å²) >= 11 is 0. The Labute approximate surface area is 331 Å². The van der Waals surface area contributed by atoms with Crippen LogP contribution in [0.3, 0.4) is 0 Å². The van der Waals surface area contributed by atoms with Crippen molar-refractivity contribution in [3.05, 3.63) is 224 Å². The van der Waals surface area contributed by atoms with Gasteiger partial charge >= 0.3 is 0 Å². The highest BCUT2D eigenvalue weighted by Crippen LogP contribution is 2.41.